The van der Waals surface area contributed by atoms with Crippen molar-refractivity contribution in [1.29, 1.82) is 0 Å². The molecule has 0 unspecified atom stereocenters. The number of nitrogens with zero attached hydrogens (tertiary/aromatic N) is 1. The van der Waals surface area contributed by atoms with Gasteiger partial charge in [-0.25, -0.2) is 0 Å². The Balaban J connectivity index is 2.00. The fourth-order valence-electron chi connectivity index (χ4n) is 2.33. The first-order valence-corrected chi connectivity index (χ1v) is 7.31. The summed E-state index contributed by atoms with van der Waals surface area (Å²) in [4.78, 5) is 2.28. The van der Waals surface area contributed by atoms with Gasteiger partial charge in [-0.3, -0.25) is 0 Å². The molecule has 0 bridgehead atoms. The van der Waals surface area contributed by atoms with E-state index in [-0.39, 0.29) is 0 Å². The topological polar surface area (TPSA) is 29.3 Å². The first kappa shape index (κ1) is 14.6. The molecule has 0 amide bonds. The summed E-state index contributed by atoms with van der Waals surface area (Å²) in [5.74, 6) is 0. The molecule has 0 atom stereocenters. The molecule has 0 saturated carbocycles. The van der Waals surface area contributed by atoms with Crippen LogP contribution in [0.4, 0.5) is 5.69 Å². The van der Waals surface area contributed by atoms with E-state index in [0.29, 0.717) is 6.54 Å². The summed E-state index contributed by atoms with van der Waals surface area (Å²) in [5.41, 5.74) is 10.8. The van der Waals surface area contributed by atoms with Gasteiger partial charge in [-0.1, -0.05) is 43.3 Å². The van der Waals surface area contributed by atoms with Gasteiger partial charge in [0.1, 0.15) is 0 Å². The predicted octanol–water partition coefficient (Wildman–Crippen LogP) is 3.39. The maximum atomic E-state index is 5.57. The molecule has 0 spiro atoms. The standard InChI is InChI=1S/C18H24N2/c1-3-15-8-10-18(11-9-15)20(2)14-17-6-4-16(5-7-17)12-13-19/h4-11H,3,12-14,19H2,1-2H3. The second kappa shape index (κ2) is 7.11. The molecule has 106 valence electrons. The predicted molar refractivity (Wildman–Crippen MR) is 87.1 cm³/mol. The van der Waals surface area contributed by atoms with Gasteiger partial charge in [0.15, 0.2) is 0 Å². The average molecular weight is 268 g/mol. The number of rotatable bonds is 6. The molecule has 2 heteroatoms. The highest BCUT2D eigenvalue weighted by molar-refractivity contribution is 5.47. The molecule has 20 heavy (non-hydrogen) atoms. The van der Waals surface area contributed by atoms with E-state index in [2.05, 4.69) is 67.4 Å². The summed E-state index contributed by atoms with van der Waals surface area (Å²) in [6, 6.07) is 17.5. The molecule has 2 N–H and O–H groups in total. The van der Waals surface area contributed by atoms with Crippen molar-refractivity contribution in [2.75, 3.05) is 18.5 Å². The maximum Gasteiger partial charge on any atom is 0.0426 e. The van der Waals surface area contributed by atoms with Gasteiger partial charge >= 0.3 is 0 Å². The van der Waals surface area contributed by atoms with Crippen LogP contribution in [0.2, 0.25) is 0 Å². The minimum Gasteiger partial charge on any atom is -0.370 e. The van der Waals surface area contributed by atoms with E-state index >= 15 is 0 Å². The van der Waals surface area contributed by atoms with E-state index in [1.54, 1.807) is 0 Å². The first-order chi connectivity index (χ1) is 9.72. The van der Waals surface area contributed by atoms with Gasteiger partial charge in [0, 0.05) is 19.3 Å². The molecular formula is C18H24N2. The van der Waals surface area contributed by atoms with Crippen molar-refractivity contribution in [1.82, 2.24) is 0 Å². The zero-order valence-corrected chi connectivity index (χ0v) is 12.5. The lowest BCUT2D eigenvalue weighted by molar-refractivity contribution is 0.916. The van der Waals surface area contributed by atoms with Crippen LogP contribution < -0.4 is 10.6 Å². The largest absolute Gasteiger partial charge is 0.370 e. The second-order valence-corrected chi connectivity index (χ2v) is 5.23. The zero-order valence-electron chi connectivity index (χ0n) is 12.5. The van der Waals surface area contributed by atoms with Crippen LogP contribution in [-0.4, -0.2) is 13.6 Å². The highest BCUT2D eigenvalue weighted by atomic mass is 15.1. The van der Waals surface area contributed by atoms with Crippen molar-refractivity contribution >= 4 is 5.69 Å². The highest BCUT2D eigenvalue weighted by Crippen LogP contribution is 2.17. The zero-order chi connectivity index (χ0) is 14.4. The first-order valence-electron chi connectivity index (χ1n) is 7.31. The monoisotopic (exact) mass is 268 g/mol. The fourth-order valence-corrected chi connectivity index (χ4v) is 2.33. The molecule has 2 nitrogen and oxygen atoms in total. The third kappa shape index (κ3) is 3.84. The van der Waals surface area contributed by atoms with E-state index in [1.807, 2.05) is 0 Å². The Labute approximate surface area is 122 Å². The number of aryl methyl sites for hydroxylation is 1. The summed E-state index contributed by atoms with van der Waals surface area (Å²) in [6.07, 6.45) is 2.04. The number of benzene rings is 2. The molecule has 2 aromatic carbocycles. The van der Waals surface area contributed by atoms with Crippen LogP contribution in [0.3, 0.4) is 0 Å². The molecule has 0 heterocycles. The van der Waals surface area contributed by atoms with Crippen molar-refractivity contribution in [3.8, 4) is 0 Å². The summed E-state index contributed by atoms with van der Waals surface area (Å²) >= 11 is 0. The number of hydrogen-bond donors (Lipinski definition) is 1. The lowest BCUT2D eigenvalue weighted by atomic mass is 10.1. The Kier molecular flexibility index (Phi) is 5.19. The molecule has 0 saturated heterocycles. The number of nitrogens with two attached hydrogens (primary N) is 1. The number of hydrogen-bond acceptors (Lipinski definition) is 2. The minimum absolute atomic E-state index is 0.711. The summed E-state index contributed by atoms with van der Waals surface area (Å²) in [5, 5.41) is 0. The molecule has 0 aliphatic carbocycles. The van der Waals surface area contributed by atoms with Crippen LogP contribution in [0.5, 0.6) is 0 Å². The Morgan fingerprint density at radius 1 is 0.850 bits per heavy atom. The molecule has 0 aliphatic rings. The van der Waals surface area contributed by atoms with Crippen molar-refractivity contribution in [3.05, 3.63) is 65.2 Å². The van der Waals surface area contributed by atoms with Gasteiger partial charge in [-0.15, -0.1) is 0 Å². The molecule has 2 aromatic rings. The Morgan fingerprint density at radius 3 is 1.95 bits per heavy atom. The average Bonchev–Trinajstić information content (AvgIpc) is 2.49. The minimum atomic E-state index is 0.711. The Bertz CT molecular complexity index is 514. The third-order valence-corrected chi connectivity index (χ3v) is 3.66. The second-order valence-electron chi connectivity index (χ2n) is 5.23. The Hall–Kier alpha value is -1.80. The van der Waals surface area contributed by atoms with E-state index in [4.69, 9.17) is 5.73 Å². The Morgan fingerprint density at radius 2 is 1.40 bits per heavy atom. The quantitative estimate of drug-likeness (QED) is 0.870. The lowest BCUT2D eigenvalue weighted by Crippen LogP contribution is -2.16. The van der Waals surface area contributed by atoms with Gasteiger partial charge in [-0.05, 0) is 48.2 Å². The van der Waals surface area contributed by atoms with Crippen molar-refractivity contribution < 1.29 is 0 Å². The summed E-state index contributed by atoms with van der Waals surface area (Å²) in [6.45, 7) is 3.82. The lowest BCUT2D eigenvalue weighted by Gasteiger charge is -2.20. The highest BCUT2D eigenvalue weighted by Gasteiger charge is 2.02. The van der Waals surface area contributed by atoms with Crippen LogP contribution in [0.25, 0.3) is 0 Å². The van der Waals surface area contributed by atoms with Gasteiger partial charge in [0.25, 0.3) is 0 Å². The molecule has 0 radical (unpaired) electrons. The van der Waals surface area contributed by atoms with Crippen LogP contribution >= 0.6 is 0 Å². The van der Waals surface area contributed by atoms with E-state index < -0.39 is 0 Å². The smallest absolute Gasteiger partial charge is 0.0426 e. The molecule has 0 fully saturated rings. The van der Waals surface area contributed by atoms with Crippen molar-refractivity contribution in [2.45, 2.75) is 26.3 Å². The van der Waals surface area contributed by atoms with Gasteiger partial charge < -0.3 is 10.6 Å². The third-order valence-electron chi connectivity index (χ3n) is 3.66. The van der Waals surface area contributed by atoms with Crippen LogP contribution in [0.1, 0.15) is 23.6 Å². The van der Waals surface area contributed by atoms with Crippen LogP contribution in [0, 0.1) is 0 Å². The maximum absolute atomic E-state index is 5.57. The normalized spacial score (nSPS) is 10.6. The van der Waals surface area contributed by atoms with E-state index in [1.165, 1.54) is 22.4 Å². The van der Waals surface area contributed by atoms with E-state index in [0.717, 1.165) is 19.4 Å². The van der Waals surface area contributed by atoms with Crippen molar-refractivity contribution in [2.24, 2.45) is 5.73 Å². The summed E-state index contributed by atoms with van der Waals surface area (Å²) in [7, 11) is 2.13. The SMILES string of the molecule is CCc1ccc(N(C)Cc2ccc(CCN)cc2)cc1. The van der Waals surface area contributed by atoms with Crippen molar-refractivity contribution in [3.63, 3.8) is 0 Å². The summed E-state index contributed by atoms with van der Waals surface area (Å²) < 4.78 is 0. The molecule has 0 aromatic heterocycles. The molecule has 2 rings (SSSR count). The van der Waals surface area contributed by atoms with Gasteiger partial charge in [0.2, 0.25) is 0 Å². The fraction of sp³-hybridized carbons (Fsp3) is 0.333. The van der Waals surface area contributed by atoms with Gasteiger partial charge in [0.05, 0.1) is 0 Å². The number of anilines is 1. The van der Waals surface area contributed by atoms with Gasteiger partial charge in [-0.2, -0.15) is 0 Å². The van der Waals surface area contributed by atoms with Crippen LogP contribution in [-0.2, 0) is 19.4 Å². The molecular weight excluding hydrogens is 244 g/mol. The molecule has 0 aliphatic heterocycles. The van der Waals surface area contributed by atoms with E-state index in [9.17, 15) is 0 Å². The van der Waals surface area contributed by atoms with Crippen LogP contribution in [0.15, 0.2) is 48.5 Å².